The summed E-state index contributed by atoms with van der Waals surface area (Å²) in [5.41, 5.74) is 0.0390. The van der Waals surface area contributed by atoms with Gasteiger partial charge in [0, 0.05) is 18.3 Å². The number of unbranched alkanes of at least 4 members (excludes halogenated alkanes) is 1. The molecule has 3 saturated carbocycles. The number of carbonyl (C=O) groups is 4. The Bertz CT molecular complexity index is 775. The van der Waals surface area contributed by atoms with Gasteiger partial charge in [0.25, 0.3) is 0 Å². The van der Waals surface area contributed by atoms with Crippen LogP contribution in [0.1, 0.15) is 87.0 Å². The third-order valence-corrected chi connectivity index (χ3v) is 8.50. The number of fused-ring (bicyclic) bond motifs is 1. The van der Waals surface area contributed by atoms with Crippen LogP contribution in [0.25, 0.3) is 0 Å². The third-order valence-electron chi connectivity index (χ3n) is 8.50. The van der Waals surface area contributed by atoms with Crippen molar-refractivity contribution in [2.45, 2.75) is 99.2 Å². The van der Waals surface area contributed by atoms with Crippen molar-refractivity contribution < 1.29 is 38.5 Å². The van der Waals surface area contributed by atoms with E-state index < -0.39 is 47.7 Å². The molecule has 2 bridgehead atoms. The van der Waals surface area contributed by atoms with Gasteiger partial charge in [-0.2, -0.15) is 0 Å². The van der Waals surface area contributed by atoms with Crippen molar-refractivity contribution in [3.8, 4) is 0 Å². The number of ether oxygens (including phenoxy) is 3. The highest BCUT2D eigenvalue weighted by atomic mass is 16.6. The zero-order chi connectivity index (χ0) is 25.8. The molecule has 194 valence electrons. The normalized spacial score (nSPS) is 28.1. The Morgan fingerprint density at radius 3 is 2.18 bits per heavy atom. The second kappa shape index (κ2) is 11.1. The molecule has 0 aliphatic heterocycles. The number of aliphatic carboxylic acids is 1. The molecule has 1 N–H and O–H groups in total. The molecular weight excluding hydrogens is 440 g/mol. The molecule has 0 aromatic heterocycles. The molecule has 0 aromatic rings. The standard InChI is InChI=1S/C26H42O8/c1-8-10-13-32-24(31)17(20(22(28)29)19(9-2)33-16(4)27)14-15(3)23(30)34-21-18-11-12-26(21,7)25(18,5)6/h15,17-21H,8-14H2,1-7H3,(H,28,29). The smallest absolute Gasteiger partial charge is 0.311 e. The molecule has 3 aliphatic carbocycles. The van der Waals surface area contributed by atoms with Crippen LogP contribution in [0.2, 0.25) is 0 Å². The Morgan fingerprint density at radius 2 is 1.74 bits per heavy atom. The minimum atomic E-state index is -1.32. The van der Waals surface area contributed by atoms with Gasteiger partial charge in [0.2, 0.25) is 0 Å². The number of carboxylic acid groups (broad SMARTS) is 1. The first kappa shape index (κ1) is 28.1. The highest BCUT2D eigenvalue weighted by Gasteiger charge is 2.70. The first-order chi connectivity index (χ1) is 15.8. The summed E-state index contributed by atoms with van der Waals surface area (Å²) < 4.78 is 16.5. The molecule has 0 aromatic carbocycles. The van der Waals surface area contributed by atoms with E-state index in [4.69, 9.17) is 14.2 Å². The Kier molecular flexibility index (Phi) is 9.16. The number of rotatable bonds is 13. The number of esters is 3. The minimum Gasteiger partial charge on any atom is -0.481 e. The van der Waals surface area contributed by atoms with Crippen molar-refractivity contribution in [1.82, 2.24) is 0 Å². The SMILES string of the molecule is CCCCOC(=O)C(CC(C)C(=O)OC1C2CCC1(C)C2(C)C)C(C(=O)O)C(CC)OC(C)=O. The maximum atomic E-state index is 13.0. The number of hydrogen-bond acceptors (Lipinski definition) is 7. The second-order valence-corrected chi connectivity index (χ2v) is 10.8. The largest absolute Gasteiger partial charge is 0.481 e. The van der Waals surface area contributed by atoms with E-state index in [1.54, 1.807) is 13.8 Å². The molecule has 3 fully saturated rings. The monoisotopic (exact) mass is 482 g/mol. The van der Waals surface area contributed by atoms with E-state index in [2.05, 4.69) is 20.8 Å². The van der Waals surface area contributed by atoms with Crippen molar-refractivity contribution >= 4 is 23.9 Å². The summed E-state index contributed by atoms with van der Waals surface area (Å²) in [6.07, 6.45) is 2.46. The number of carbonyl (C=O) groups excluding carboxylic acids is 3. The van der Waals surface area contributed by atoms with E-state index in [9.17, 15) is 24.3 Å². The number of carboxylic acids is 1. The maximum absolute atomic E-state index is 13.0. The van der Waals surface area contributed by atoms with Gasteiger partial charge >= 0.3 is 23.9 Å². The van der Waals surface area contributed by atoms with Gasteiger partial charge in [-0.05, 0) is 37.5 Å². The molecule has 7 atom stereocenters. The summed E-state index contributed by atoms with van der Waals surface area (Å²) in [6.45, 7) is 13.2. The predicted molar refractivity (Wildman–Crippen MR) is 125 cm³/mol. The van der Waals surface area contributed by atoms with Crippen LogP contribution in [-0.2, 0) is 33.4 Å². The van der Waals surface area contributed by atoms with E-state index in [0.29, 0.717) is 12.3 Å². The predicted octanol–water partition coefficient (Wildman–Crippen LogP) is 4.38. The Hall–Kier alpha value is -2.12. The second-order valence-electron chi connectivity index (χ2n) is 10.8. The van der Waals surface area contributed by atoms with Gasteiger partial charge in [-0.15, -0.1) is 0 Å². The van der Waals surface area contributed by atoms with Gasteiger partial charge in [-0.1, -0.05) is 48.0 Å². The topological polar surface area (TPSA) is 116 Å². The highest BCUT2D eigenvalue weighted by molar-refractivity contribution is 5.83. The van der Waals surface area contributed by atoms with E-state index in [1.807, 2.05) is 6.92 Å². The van der Waals surface area contributed by atoms with Crippen LogP contribution >= 0.6 is 0 Å². The summed E-state index contributed by atoms with van der Waals surface area (Å²) in [5, 5.41) is 9.98. The van der Waals surface area contributed by atoms with Gasteiger partial charge in [-0.3, -0.25) is 19.2 Å². The average Bonchev–Trinajstić information content (AvgIpc) is 3.22. The molecule has 3 aliphatic rings. The Balaban J connectivity index is 2.19. The number of hydrogen-bond donors (Lipinski definition) is 1. The lowest BCUT2D eigenvalue weighted by molar-refractivity contribution is -0.210. The van der Waals surface area contributed by atoms with Crippen molar-refractivity contribution in [3.05, 3.63) is 0 Å². The van der Waals surface area contributed by atoms with E-state index in [1.165, 1.54) is 6.92 Å². The van der Waals surface area contributed by atoms with Crippen molar-refractivity contribution in [2.75, 3.05) is 6.61 Å². The zero-order valence-corrected chi connectivity index (χ0v) is 21.7. The fourth-order valence-corrected chi connectivity index (χ4v) is 5.91. The summed E-state index contributed by atoms with van der Waals surface area (Å²) in [5.74, 6) is -5.90. The van der Waals surface area contributed by atoms with Gasteiger partial charge < -0.3 is 19.3 Å². The third kappa shape index (κ3) is 5.41. The summed E-state index contributed by atoms with van der Waals surface area (Å²) in [7, 11) is 0. The average molecular weight is 483 g/mol. The lowest BCUT2D eigenvalue weighted by Crippen LogP contribution is -2.60. The van der Waals surface area contributed by atoms with Gasteiger partial charge in [0.15, 0.2) is 0 Å². The van der Waals surface area contributed by atoms with Crippen LogP contribution < -0.4 is 0 Å². The molecule has 34 heavy (non-hydrogen) atoms. The molecule has 0 heterocycles. The first-order valence-electron chi connectivity index (χ1n) is 12.6. The summed E-state index contributed by atoms with van der Waals surface area (Å²) in [6, 6.07) is 0. The molecule has 0 spiro atoms. The quantitative estimate of drug-likeness (QED) is 0.233. The van der Waals surface area contributed by atoms with Crippen LogP contribution in [0.3, 0.4) is 0 Å². The summed E-state index contributed by atoms with van der Waals surface area (Å²) in [4.78, 5) is 49.8. The summed E-state index contributed by atoms with van der Waals surface area (Å²) >= 11 is 0. The van der Waals surface area contributed by atoms with E-state index in [0.717, 1.165) is 19.3 Å². The Morgan fingerprint density at radius 1 is 1.09 bits per heavy atom. The molecule has 8 nitrogen and oxygen atoms in total. The highest BCUT2D eigenvalue weighted by Crippen LogP contribution is 2.71. The van der Waals surface area contributed by atoms with Crippen molar-refractivity contribution in [2.24, 2.45) is 34.5 Å². The molecule has 7 unspecified atom stereocenters. The molecule has 8 heteroatoms. The molecule has 0 saturated heterocycles. The Labute approximate surface area is 203 Å². The van der Waals surface area contributed by atoms with Gasteiger partial charge in [0.1, 0.15) is 18.1 Å². The fourth-order valence-electron chi connectivity index (χ4n) is 5.91. The molecule has 0 amide bonds. The zero-order valence-electron chi connectivity index (χ0n) is 21.7. The van der Waals surface area contributed by atoms with Crippen LogP contribution in [0.5, 0.6) is 0 Å². The van der Waals surface area contributed by atoms with Crippen molar-refractivity contribution in [1.29, 1.82) is 0 Å². The van der Waals surface area contributed by atoms with Crippen LogP contribution in [0, 0.1) is 34.5 Å². The molecule has 0 radical (unpaired) electrons. The fraction of sp³-hybridized carbons (Fsp3) is 0.846. The van der Waals surface area contributed by atoms with Crippen LogP contribution in [-0.4, -0.2) is 47.8 Å². The lowest BCUT2D eigenvalue weighted by atomic mass is 9.49. The van der Waals surface area contributed by atoms with E-state index in [-0.39, 0.29) is 36.4 Å². The van der Waals surface area contributed by atoms with Crippen LogP contribution in [0.15, 0.2) is 0 Å². The minimum absolute atomic E-state index is 0.0595. The molecule has 3 rings (SSSR count). The van der Waals surface area contributed by atoms with E-state index >= 15 is 0 Å². The van der Waals surface area contributed by atoms with Crippen molar-refractivity contribution in [3.63, 3.8) is 0 Å². The molecular formula is C26H42O8. The van der Waals surface area contributed by atoms with Gasteiger partial charge in [-0.25, -0.2) is 0 Å². The lowest BCUT2D eigenvalue weighted by Gasteiger charge is -2.58. The maximum Gasteiger partial charge on any atom is 0.311 e. The first-order valence-corrected chi connectivity index (χ1v) is 12.6. The van der Waals surface area contributed by atoms with Gasteiger partial charge in [0.05, 0.1) is 18.4 Å². The van der Waals surface area contributed by atoms with Crippen LogP contribution in [0.4, 0.5) is 0 Å².